The number of Topliss-reactive ketones (excluding diaryl/α,β-unsaturated/α-hetero) is 1. The molecule has 0 N–H and O–H groups in total. The Labute approximate surface area is 135 Å². The van der Waals surface area contributed by atoms with Crippen LogP contribution < -0.4 is 0 Å². The second-order valence-electron chi connectivity index (χ2n) is 5.17. The van der Waals surface area contributed by atoms with E-state index in [1.807, 2.05) is 29.2 Å². The highest BCUT2D eigenvalue weighted by Crippen LogP contribution is 2.14. The van der Waals surface area contributed by atoms with E-state index < -0.39 is 6.04 Å². The number of rotatable bonds is 7. The van der Waals surface area contributed by atoms with Gasteiger partial charge in [-0.05, 0) is 0 Å². The first kappa shape index (κ1) is 16.8. The smallest absolute Gasteiger partial charge is 0.183 e. The summed E-state index contributed by atoms with van der Waals surface area (Å²) in [7, 11) is 0. The first-order valence-electron chi connectivity index (χ1n) is 7.39. The molecule has 0 saturated carbocycles. The average molecular weight is 313 g/mol. The number of nitroso groups, excluding NO2 is 1. The Morgan fingerprint density at radius 2 is 2.00 bits per heavy atom. The van der Waals surface area contributed by atoms with E-state index in [1.165, 1.54) is 0 Å². The molecule has 1 atom stereocenters. The molecule has 120 valence electrons. The summed E-state index contributed by atoms with van der Waals surface area (Å²) in [4.78, 5) is 25.4. The monoisotopic (exact) mass is 313 g/mol. The first-order chi connectivity index (χ1) is 11.2. The SMILES string of the molecule is C=CC(C(=O)c1ccccc1)N1CCN(N(CC#N)N=O)CC1. The van der Waals surface area contributed by atoms with Gasteiger partial charge in [-0.25, -0.2) is 0 Å². The fraction of sp³-hybridized carbons (Fsp3) is 0.375. The Balaban J connectivity index is 2.00. The number of ketones is 1. The Hall–Kier alpha value is -2.56. The molecule has 2 rings (SSSR count). The molecule has 0 aliphatic carbocycles. The zero-order valence-electron chi connectivity index (χ0n) is 12.8. The number of carbonyl (C=O) groups is 1. The van der Waals surface area contributed by atoms with Crippen LogP contribution in [0.15, 0.2) is 48.3 Å². The Kier molecular flexibility index (Phi) is 5.97. The molecule has 7 nitrogen and oxygen atoms in total. The lowest BCUT2D eigenvalue weighted by Gasteiger charge is -2.39. The van der Waals surface area contributed by atoms with Crippen LogP contribution in [-0.2, 0) is 0 Å². The van der Waals surface area contributed by atoms with Crippen molar-refractivity contribution >= 4 is 5.78 Å². The van der Waals surface area contributed by atoms with E-state index in [2.05, 4.69) is 11.9 Å². The maximum absolute atomic E-state index is 12.6. The number of nitriles is 1. The van der Waals surface area contributed by atoms with Gasteiger partial charge in [0, 0.05) is 31.7 Å². The second kappa shape index (κ2) is 8.17. The van der Waals surface area contributed by atoms with Gasteiger partial charge in [-0.3, -0.25) is 9.69 Å². The number of carbonyl (C=O) groups excluding carboxylic acids is 1. The maximum atomic E-state index is 12.6. The van der Waals surface area contributed by atoms with Crippen molar-refractivity contribution in [3.8, 4) is 6.07 Å². The largest absolute Gasteiger partial charge is 0.292 e. The zero-order valence-corrected chi connectivity index (χ0v) is 12.8. The Bertz CT molecular complexity index is 590. The van der Waals surface area contributed by atoms with Crippen LogP contribution in [0.3, 0.4) is 0 Å². The molecular weight excluding hydrogens is 294 g/mol. The van der Waals surface area contributed by atoms with Crippen molar-refractivity contribution in [2.75, 3.05) is 32.7 Å². The van der Waals surface area contributed by atoms with Crippen molar-refractivity contribution in [1.82, 2.24) is 15.0 Å². The lowest BCUT2D eigenvalue weighted by atomic mass is 10.0. The van der Waals surface area contributed by atoms with Crippen molar-refractivity contribution in [1.29, 1.82) is 5.26 Å². The van der Waals surface area contributed by atoms with Crippen LogP contribution in [0.1, 0.15) is 10.4 Å². The van der Waals surface area contributed by atoms with Crippen LogP contribution in [0, 0.1) is 16.2 Å². The van der Waals surface area contributed by atoms with Crippen molar-refractivity contribution < 1.29 is 4.79 Å². The molecule has 1 fully saturated rings. The highest BCUT2D eigenvalue weighted by atomic mass is 16.3. The Morgan fingerprint density at radius 1 is 1.35 bits per heavy atom. The molecule has 1 saturated heterocycles. The fourth-order valence-corrected chi connectivity index (χ4v) is 2.66. The third-order valence-electron chi connectivity index (χ3n) is 3.87. The minimum Gasteiger partial charge on any atom is -0.292 e. The minimum absolute atomic E-state index is 0.0106. The highest BCUT2D eigenvalue weighted by Gasteiger charge is 2.29. The molecule has 0 bridgehead atoms. The van der Waals surface area contributed by atoms with Crippen molar-refractivity contribution in [2.24, 2.45) is 5.29 Å². The van der Waals surface area contributed by atoms with Crippen molar-refractivity contribution in [3.05, 3.63) is 53.5 Å². The predicted octanol–water partition coefficient (Wildman–Crippen LogP) is 1.46. The van der Waals surface area contributed by atoms with Gasteiger partial charge in [0.1, 0.15) is 6.54 Å². The number of hydrazine groups is 1. The first-order valence-corrected chi connectivity index (χ1v) is 7.39. The van der Waals surface area contributed by atoms with E-state index in [-0.39, 0.29) is 12.3 Å². The van der Waals surface area contributed by atoms with E-state index in [9.17, 15) is 9.70 Å². The van der Waals surface area contributed by atoms with Gasteiger partial charge >= 0.3 is 0 Å². The summed E-state index contributed by atoms with van der Waals surface area (Å²) in [5.74, 6) is 0.0106. The number of nitrogens with zero attached hydrogens (tertiary/aromatic N) is 5. The molecule has 0 radical (unpaired) electrons. The van der Waals surface area contributed by atoms with Crippen LogP contribution >= 0.6 is 0 Å². The lowest BCUT2D eigenvalue weighted by molar-refractivity contribution is -0.0511. The van der Waals surface area contributed by atoms with E-state index >= 15 is 0 Å². The molecule has 1 aliphatic rings. The number of hydrogen-bond donors (Lipinski definition) is 0. The predicted molar refractivity (Wildman–Crippen MR) is 86.0 cm³/mol. The summed E-state index contributed by atoms with van der Waals surface area (Å²) in [6, 6.07) is 10.6. The third-order valence-corrected chi connectivity index (χ3v) is 3.87. The summed E-state index contributed by atoms with van der Waals surface area (Å²) >= 11 is 0. The van der Waals surface area contributed by atoms with Crippen molar-refractivity contribution in [3.63, 3.8) is 0 Å². The van der Waals surface area contributed by atoms with Crippen LogP contribution in [0.4, 0.5) is 0 Å². The fourth-order valence-electron chi connectivity index (χ4n) is 2.66. The number of benzene rings is 1. The van der Waals surface area contributed by atoms with Gasteiger partial charge in [0.25, 0.3) is 0 Å². The quantitative estimate of drug-likeness (QED) is 0.249. The van der Waals surface area contributed by atoms with Gasteiger partial charge < -0.3 is 0 Å². The summed E-state index contributed by atoms with van der Waals surface area (Å²) in [6.07, 6.45) is 1.65. The van der Waals surface area contributed by atoms with Gasteiger partial charge in [0.15, 0.2) is 5.78 Å². The van der Waals surface area contributed by atoms with Crippen LogP contribution in [-0.4, -0.2) is 59.6 Å². The molecule has 1 aliphatic heterocycles. The second-order valence-corrected chi connectivity index (χ2v) is 5.17. The topological polar surface area (TPSA) is 80.0 Å². The molecule has 23 heavy (non-hydrogen) atoms. The van der Waals surface area contributed by atoms with Gasteiger partial charge in [-0.1, -0.05) is 36.4 Å². The van der Waals surface area contributed by atoms with Gasteiger partial charge in [-0.15, -0.1) is 11.5 Å². The molecule has 0 spiro atoms. The van der Waals surface area contributed by atoms with Gasteiger partial charge in [0.05, 0.1) is 17.4 Å². The van der Waals surface area contributed by atoms with Gasteiger partial charge in [-0.2, -0.15) is 15.4 Å². The molecule has 7 heteroatoms. The normalized spacial score (nSPS) is 17.0. The van der Waals surface area contributed by atoms with Crippen LogP contribution in [0.25, 0.3) is 0 Å². The van der Waals surface area contributed by atoms with E-state index in [4.69, 9.17) is 5.26 Å². The summed E-state index contributed by atoms with van der Waals surface area (Å²) in [5.41, 5.74) is 0.653. The molecule has 0 aromatic heterocycles. The van der Waals surface area contributed by atoms with E-state index in [0.29, 0.717) is 31.7 Å². The van der Waals surface area contributed by atoms with Crippen LogP contribution in [0.2, 0.25) is 0 Å². The highest BCUT2D eigenvalue weighted by molar-refractivity contribution is 6.01. The molecule has 1 heterocycles. The number of piperazine rings is 1. The van der Waals surface area contributed by atoms with Gasteiger partial charge in [0.2, 0.25) is 0 Å². The van der Waals surface area contributed by atoms with Crippen molar-refractivity contribution in [2.45, 2.75) is 6.04 Å². The molecule has 1 aromatic rings. The standard InChI is InChI=1S/C16H19N5O2/c1-2-15(16(22)14-6-4-3-5-7-14)19-10-12-20(13-11-19)21(18-23)9-8-17/h2-7,15H,1,9-13H2. The zero-order chi connectivity index (χ0) is 16.7. The lowest BCUT2D eigenvalue weighted by Crippen LogP contribution is -2.55. The average Bonchev–Trinajstić information content (AvgIpc) is 2.61. The number of hydrogen-bond acceptors (Lipinski definition) is 6. The molecular formula is C16H19N5O2. The van der Waals surface area contributed by atoms with E-state index in [1.54, 1.807) is 23.2 Å². The Morgan fingerprint density at radius 3 is 2.52 bits per heavy atom. The maximum Gasteiger partial charge on any atom is 0.183 e. The molecule has 0 amide bonds. The minimum atomic E-state index is -0.395. The van der Waals surface area contributed by atoms with Crippen LogP contribution in [0.5, 0.6) is 0 Å². The summed E-state index contributed by atoms with van der Waals surface area (Å²) in [5, 5.41) is 14.4. The molecule has 1 unspecified atom stereocenters. The van der Waals surface area contributed by atoms with E-state index in [0.717, 1.165) is 5.12 Å². The summed E-state index contributed by atoms with van der Waals surface area (Å²) < 4.78 is 0. The summed E-state index contributed by atoms with van der Waals surface area (Å²) in [6.45, 7) is 5.95. The molecule has 1 aromatic carbocycles. The third kappa shape index (κ3) is 4.00.